The van der Waals surface area contributed by atoms with Crippen LogP contribution in [0.5, 0.6) is 5.75 Å². The van der Waals surface area contributed by atoms with Crippen LogP contribution in [0.15, 0.2) is 72.8 Å². The molecule has 196 valence electrons. The molecule has 1 fully saturated rings. The van der Waals surface area contributed by atoms with Gasteiger partial charge < -0.3 is 35.0 Å². The van der Waals surface area contributed by atoms with E-state index in [1.165, 1.54) is 6.92 Å². The minimum atomic E-state index is -0.754. The summed E-state index contributed by atoms with van der Waals surface area (Å²) in [6.07, 6.45) is -1.16. The summed E-state index contributed by atoms with van der Waals surface area (Å²) in [5.74, 6) is -0.0188. The van der Waals surface area contributed by atoms with Gasteiger partial charge in [-0.25, -0.2) is 0 Å². The Morgan fingerprint density at radius 3 is 2.41 bits per heavy atom. The molecule has 3 aromatic carbocycles. The fraction of sp³-hybridized carbons (Fsp3) is 0.345. The molecule has 4 rings (SSSR count). The predicted octanol–water partition coefficient (Wildman–Crippen LogP) is 4.05. The number of aliphatic hydroxyl groups is 2. The van der Waals surface area contributed by atoms with E-state index in [4.69, 9.17) is 9.47 Å². The number of phenolic OH excluding ortho intramolecular Hbond substituents is 1. The van der Waals surface area contributed by atoms with Gasteiger partial charge in [0, 0.05) is 37.7 Å². The van der Waals surface area contributed by atoms with Gasteiger partial charge in [-0.1, -0.05) is 48.5 Å². The number of hydrogen-bond donors (Lipinski definition) is 4. The van der Waals surface area contributed by atoms with Crippen LogP contribution in [0.3, 0.4) is 0 Å². The first-order chi connectivity index (χ1) is 17.8. The van der Waals surface area contributed by atoms with E-state index in [1.54, 1.807) is 24.3 Å². The van der Waals surface area contributed by atoms with Crippen molar-refractivity contribution in [1.29, 1.82) is 0 Å². The second-order valence-corrected chi connectivity index (χ2v) is 9.49. The molecule has 8 nitrogen and oxygen atoms in total. The zero-order valence-corrected chi connectivity index (χ0v) is 21.1. The Hall–Kier alpha value is -3.27. The maximum absolute atomic E-state index is 11.4. The Morgan fingerprint density at radius 1 is 1.05 bits per heavy atom. The molecule has 3 aromatic rings. The van der Waals surface area contributed by atoms with Gasteiger partial charge in [-0.15, -0.1) is 0 Å². The number of carbonyl (C=O) groups excluding carboxylic acids is 1. The molecule has 1 aliphatic rings. The topological polar surface area (TPSA) is 111 Å². The maximum Gasteiger partial charge on any atom is 0.221 e. The van der Waals surface area contributed by atoms with Crippen molar-refractivity contribution >= 4 is 11.6 Å². The molecule has 4 atom stereocenters. The molecule has 0 aromatic heterocycles. The Labute approximate surface area is 217 Å². The van der Waals surface area contributed by atoms with Gasteiger partial charge in [0.15, 0.2) is 6.29 Å². The Morgan fingerprint density at radius 2 is 1.76 bits per heavy atom. The second-order valence-electron chi connectivity index (χ2n) is 9.49. The molecule has 4 N–H and O–H groups in total. The summed E-state index contributed by atoms with van der Waals surface area (Å²) < 4.78 is 12.7. The number of nitrogens with zero attached hydrogens (tertiary/aromatic N) is 1. The maximum atomic E-state index is 11.4. The molecule has 37 heavy (non-hydrogen) atoms. The normalized spacial score (nSPS) is 20.5. The van der Waals surface area contributed by atoms with Crippen molar-refractivity contribution in [2.24, 2.45) is 0 Å². The zero-order chi connectivity index (χ0) is 26.4. The molecular weight excluding hydrogens is 472 g/mol. The van der Waals surface area contributed by atoms with Gasteiger partial charge in [-0.2, -0.15) is 0 Å². The number of aromatic hydroxyl groups is 1. The van der Waals surface area contributed by atoms with E-state index >= 15 is 0 Å². The van der Waals surface area contributed by atoms with Crippen LogP contribution < -0.4 is 5.32 Å². The van der Waals surface area contributed by atoms with Crippen LogP contribution in [0, 0.1) is 0 Å². The molecular formula is C29H34N2O6. The van der Waals surface area contributed by atoms with Crippen molar-refractivity contribution in [2.45, 2.75) is 44.6 Å². The Kier molecular flexibility index (Phi) is 8.91. The molecule has 0 radical (unpaired) electrons. The third kappa shape index (κ3) is 7.38. The average molecular weight is 507 g/mol. The summed E-state index contributed by atoms with van der Waals surface area (Å²) in [5, 5.41) is 32.6. The first-order valence-corrected chi connectivity index (χ1v) is 12.3. The van der Waals surface area contributed by atoms with Crippen molar-refractivity contribution in [2.75, 3.05) is 25.5 Å². The van der Waals surface area contributed by atoms with E-state index < -0.39 is 12.4 Å². The third-order valence-corrected chi connectivity index (χ3v) is 6.37. The summed E-state index contributed by atoms with van der Waals surface area (Å²) in [4.78, 5) is 13.4. The lowest BCUT2D eigenvalue weighted by atomic mass is 9.99. The lowest BCUT2D eigenvalue weighted by molar-refractivity contribution is -0.252. The van der Waals surface area contributed by atoms with Gasteiger partial charge in [0.25, 0.3) is 0 Å². The smallest absolute Gasteiger partial charge is 0.221 e. The number of likely N-dealkylation sites (N-methyl/N-ethyl adjacent to an activating group) is 1. The lowest BCUT2D eigenvalue weighted by Gasteiger charge is -2.38. The fourth-order valence-corrected chi connectivity index (χ4v) is 4.51. The number of phenols is 1. The molecule has 0 saturated carbocycles. The highest BCUT2D eigenvalue weighted by molar-refractivity contribution is 5.88. The predicted molar refractivity (Wildman–Crippen MR) is 140 cm³/mol. The molecule has 4 unspecified atom stereocenters. The minimum absolute atomic E-state index is 0.0207. The number of amides is 1. The van der Waals surface area contributed by atoms with Crippen LogP contribution in [0.4, 0.5) is 5.69 Å². The van der Waals surface area contributed by atoms with E-state index in [1.807, 2.05) is 60.5 Å². The molecule has 0 spiro atoms. The minimum Gasteiger partial charge on any atom is -0.508 e. The number of hydrogen-bond acceptors (Lipinski definition) is 7. The van der Waals surface area contributed by atoms with E-state index in [0.29, 0.717) is 30.8 Å². The summed E-state index contributed by atoms with van der Waals surface area (Å²) >= 11 is 0. The first-order valence-electron chi connectivity index (χ1n) is 12.3. The van der Waals surface area contributed by atoms with E-state index in [2.05, 4.69) is 5.32 Å². The Bertz CT molecular complexity index is 1170. The molecule has 8 heteroatoms. The highest BCUT2D eigenvalue weighted by Gasteiger charge is 2.33. The van der Waals surface area contributed by atoms with E-state index in [-0.39, 0.29) is 30.5 Å². The van der Waals surface area contributed by atoms with Crippen LogP contribution in [-0.4, -0.2) is 52.4 Å². The van der Waals surface area contributed by atoms with Crippen LogP contribution in [0.2, 0.25) is 0 Å². The van der Waals surface area contributed by atoms with Crippen molar-refractivity contribution in [1.82, 2.24) is 4.90 Å². The van der Waals surface area contributed by atoms with Crippen LogP contribution >= 0.6 is 0 Å². The molecule has 0 aliphatic carbocycles. The second kappa shape index (κ2) is 12.3. The van der Waals surface area contributed by atoms with Gasteiger partial charge in [0.05, 0.1) is 24.9 Å². The lowest BCUT2D eigenvalue weighted by Crippen LogP contribution is -2.39. The zero-order valence-electron chi connectivity index (χ0n) is 21.1. The number of nitrogens with one attached hydrogen (secondary N) is 1. The largest absolute Gasteiger partial charge is 0.508 e. The summed E-state index contributed by atoms with van der Waals surface area (Å²) in [6, 6.07) is 21.7. The standard InChI is InChI=1S/C29H34N2O6/c1-19(33)30-24-12-10-22(11-13-24)29-36-26(15-28(37-29)21-8-6-20(18-32)7-9-21)16-31(2)17-27(35)23-4-3-5-25(34)14-23/h3-14,26-29,32,34-35H,15-18H2,1-2H3,(H,30,33). The fourth-order valence-electron chi connectivity index (χ4n) is 4.51. The van der Waals surface area contributed by atoms with Gasteiger partial charge in [0.1, 0.15) is 5.75 Å². The van der Waals surface area contributed by atoms with Crippen molar-refractivity contribution < 1.29 is 29.6 Å². The van der Waals surface area contributed by atoms with Crippen LogP contribution in [-0.2, 0) is 20.9 Å². The summed E-state index contributed by atoms with van der Waals surface area (Å²) in [7, 11) is 1.92. The molecule has 1 amide bonds. The first kappa shape index (κ1) is 26.8. The quantitative estimate of drug-likeness (QED) is 0.346. The molecule has 1 saturated heterocycles. The van der Waals surface area contributed by atoms with Crippen molar-refractivity contribution in [3.63, 3.8) is 0 Å². The number of aliphatic hydroxyl groups excluding tert-OH is 2. The monoisotopic (exact) mass is 506 g/mol. The number of ether oxygens (including phenoxy) is 2. The average Bonchev–Trinajstić information content (AvgIpc) is 2.88. The number of carbonyl (C=O) groups is 1. The third-order valence-electron chi connectivity index (χ3n) is 6.37. The highest BCUT2D eigenvalue weighted by Crippen LogP contribution is 2.38. The molecule has 0 bridgehead atoms. The molecule has 1 aliphatic heterocycles. The summed E-state index contributed by atoms with van der Waals surface area (Å²) in [6.45, 7) is 2.38. The van der Waals surface area contributed by atoms with Crippen LogP contribution in [0.1, 0.15) is 54.1 Å². The van der Waals surface area contributed by atoms with E-state index in [0.717, 1.165) is 16.7 Å². The number of benzene rings is 3. The Balaban J connectivity index is 1.49. The van der Waals surface area contributed by atoms with Gasteiger partial charge in [-0.05, 0) is 48.0 Å². The van der Waals surface area contributed by atoms with E-state index in [9.17, 15) is 20.1 Å². The highest BCUT2D eigenvalue weighted by atomic mass is 16.7. The van der Waals surface area contributed by atoms with Gasteiger partial charge in [0.2, 0.25) is 5.91 Å². The SMILES string of the molecule is CC(=O)Nc1ccc(C2OC(CN(C)CC(O)c3cccc(O)c3)CC(c3ccc(CO)cc3)O2)cc1. The van der Waals surface area contributed by atoms with Crippen LogP contribution in [0.25, 0.3) is 0 Å². The van der Waals surface area contributed by atoms with Crippen molar-refractivity contribution in [3.05, 3.63) is 95.1 Å². The number of anilines is 1. The summed E-state index contributed by atoms with van der Waals surface area (Å²) in [5.41, 5.74) is 4.00. The van der Waals surface area contributed by atoms with Gasteiger partial charge >= 0.3 is 0 Å². The van der Waals surface area contributed by atoms with Gasteiger partial charge in [-0.3, -0.25) is 4.79 Å². The number of rotatable bonds is 9. The molecule has 1 heterocycles. The van der Waals surface area contributed by atoms with Crippen molar-refractivity contribution in [3.8, 4) is 5.75 Å².